The van der Waals surface area contributed by atoms with Gasteiger partial charge in [-0.2, -0.15) is 0 Å². The Bertz CT molecular complexity index is 539. The average molecular weight is 306 g/mol. The molecule has 1 aromatic carbocycles. The van der Waals surface area contributed by atoms with Crippen LogP contribution < -0.4 is 9.47 Å². The number of carbonyl (C=O) groups is 2. The van der Waals surface area contributed by atoms with E-state index in [0.717, 1.165) is 0 Å². The van der Waals surface area contributed by atoms with Gasteiger partial charge in [-0.15, -0.1) is 0 Å². The summed E-state index contributed by atoms with van der Waals surface area (Å²) in [5, 5.41) is 0. The summed E-state index contributed by atoms with van der Waals surface area (Å²) in [5.41, 5.74) is 0. The van der Waals surface area contributed by atoms with E-state index in [2.05, 4.69) is 0 Å². The van der Waals surface area contributed by atoms with Gasteiger partial charge in [0.25, 0.3) is 5.91 Å². The van der Waals surface area contributed by atoms with E-state index in [0.29, 0.717) is 37.7 Å². The van der Waals surface area contributed by atoms with Crippen LogP contribution in [0.5, 0.6) is 11.5 Å². The number of carbonyl (C=O) groups excluding carboxylic acids is 2. The predicted molar refractivity (Wildman–Crippen MR) is 81.9 cm³/mol. The molecule has 1 unspecified atom stereocenters. The molecule has 1 saturated heterocycles. The highest BCUT2D eigenvalue weighted by atomic mass is 16.5. The van der Waals surface area contributed by atoms with Crippen LogP contribution >= 0.6 is 0 Å². The summed E-state index contributed by atoms with van der Waals surface area (Å²) in [4.78, 5) is 27.2. The van der Waals surface area contributed by atoms with Crippen molar-refractivity contribution in [3.8, 4) is 11.5 Å². The molecular formula is C16H22N2O4. The quantitative estimate of drug-likeness (QED) is 0.837. The van der Waals surface area contributed by atoms with Crippen molar-refractivity contribution in [3.05, 3.63) is 24.3 Å². The van der Waals surface area contributed by atoms with Crippen molar-refractivity contribution in [2.24, 2.45) is 0 Å². The number of rotatable bonds is 4. The van der Waals surface area contributed by atoms with Crippen molar-refractivity contribution < 1.29 is 19.1 Å². The van der Waals surface area contributed by atoms with Gasteiger partial charge in [-0.25, -0.2) is 0 Å². The molecule has 2 rings (SSSR count). The van der Waals surface area contributed by atoms with Gasteiger partial charge in [-0.3, -0.25) is 9.59 Å². The molecule has 1 aromatic rings. The second-order valence-electron chi connectivity index (χ2n) is 5.27. The number of amides is 2. The summed E-state index contributed by atoms with van der Waals surface area (Å²) in [6.07, 6.45) is -0.573. The van der Waals surface area contributed by atoms with Gasteiger partial charge >= 0.3 is 0 Å². The minimum atomic E-state index is -0.573. The first-order valence-electron chi connectivity index (χ1n) is 7.36. The standard InChI is InChI=1S/C16H22N2O4/c1-12(22-15-6-4-5-14(11-15)21-3)16(20)18-9-7-17(8-10-18)13(2)19/h4-6,11-12H,7-10H2,1-3H3. The van der Waals surface area contributed by atoms with Gasteiger partial charge in [-0.1, -0.05) is 6.07 Å². The van der Waals surface area contributed by atoms with Crippen LogP contribution in [0.2, 0.25) is 0 Å². The van der Waals surface area contributed by atoms with Crippen LogP contribution in [0, 0.1) is 0 Å². The summed E-state index contributed by atoms with van der Waals surface area (Å²) in [6.45, 7) is 5.53. The second kappa shape index (κ2) is 7.15. The number of hydrogen-bond donors (Lipinski definition) is 0. The second-order valence-corrected chi connectivity index (χ2v) is 5.27. The smallest absolute Gasteiger partial charge is 0.263 e. The van der Waals surface area contributed by atoms with Gasteiger partial charge in [0.05, 0.1) is 7.11 Å². The van der Waals surface area contributed by atoms with Crippen LogP contribution in [0.3, 0.4) is 0 Å². The Kier molecular flexibility index (Phi) is 5.25. The fourth-order valence-corrected chi connectivity index (χ4v) is 2.43. The molecule has 1 aliphatic rings. The zero-order valence-corrected chi connectivity index (χ0v) is 13.2. The van der Waals surface area contributed by atoms with Gasteiger partial charge in [0.2, 0.25) is 5.91 Å². The third-order valence-corrected chi connectivity index (χ3v) is 3.74. The van der Waals surface area contributed by atoms with E-state index in [1.807, 2.05) is 12.1 Å². The molecule has 1 heterocycles. The lowest BCUT2D eigenvalue weighted by Gasteiger charge is -2.35. The number of nitrogens with zero attached hydrogens (tertiary/aromatic N) is 2. The molecule has 120 valence electrons. The lowest BCUT2D eigenvalue weighted by Crippen LogP contribution is -2.52. The Labute approximate surface area is 130 Å². The highest BCUT2D eigenvalue weighted by Gasteiger charge is 2.26. The molecule has 1 aliphatic heterocycles. The first kappa shape index (κ1) is 16.1. The maximum absolute atomic E-state index is 12.4. The van der Waals surface area contributed by atoms with Crippen molar-refractivity contribution >= 4 is 11.8 Å². The summed E-state index contributed by atoms with van der Waals surface area (Å²) in [5.74, 6) is 1.27. The van der Waals surface area contributed by atoms with Crippen molar-refractivity contribution in [1.29, 1.82) is 0 Å². The molecule has 1 atom stereocenters. The molecule has 6 heteroatoms. The molecule has 0 aliphatic carbocycles. The maximum atomic E-state index is 12.4. The molecule has 1 fully saturated rings. The number of piperazine rings is 1. The first-order chi connectivity index (χ1) is 10.5. The third-order valence-electron chi connectivity index (χ3n) is 3.74. The molecule has 0 N–H and O–H groups in total. The van der Waals surface area contributed by atoms with Crippen LogP contribution in [0.25, 0.3) is 0 Å². The van der Waals surface area contributed by atoms with E-state index in [9.17, 15) is 9.59 Å². The Morgan fingerprint density at radius 3 is 2.27 bits per heavy atom. The molecule has 6 nitrogen and oxygen atoms in total. The Morgan fingerprint density at radius 2 is 1.68 bits per heavy atom. The van der Waals surface area contributed by atoms with Gasteiger partial charge in [0.15, 0.2) is 6.10 Å². The fraction of sp³-hybridized carbons (Fsp3) is 0.500. The van der Waals surface area contributed by atoms with Gasteiger partial charge in [0, 0.05) is 39.2 Å². The SMILES string of the molecule is COc1cccc(OC(C)C(=O)N2CCN(C(C)=O)CC2)c1. The lowest BCUT2D eigenvalue weighted by molar-refractivity contribution is -0.143. The Balaban J connectivity index is 1.91. The molecule has 0 aromatic heterocycles. The number of hydrogen-bond acceptors (Lipinski definition) is 4. The van der Waals surface area contributed by atoms with Gasteiger partial charge in [-0.05, 0) is 19.1 Å². The topological polar surface area (TPSA) is 59.1 Å². The zero-order valence-electron chi connectivity index (χ0n) is 13.2. The average Bonchev–Trinajstić information content (AvgIpc) is 2.54. The minimum Gasteiger partial charge on any atom is -0.497 e. The number of methoxy groups -OCH3 is 1. The number of benzene rings is 1. The largest absolute Gasteiger partial charge is 0.497 e. The number of ether oxygens (including phenoxy) is 2. The third kappa shape index (κ3) is 3.90. The van der Waals surface area contributed by atoms with Crippen molar-refractivity contribution in [2.75, 3.05) is 33.3 Å². The van der Waals surface area contributed by atoms with E-state index in [-0.39, 0.29) is 11.8 Å². The van der Waals surface area contributed by atoms with Gasteiger partial charge < -0.3 is 19.3 Å². The molecule has 2 amide bonds. The Morgan fingerprint density at radius 1 is 1.09 bits per heavy atom. The Hall–Kier alpha value is -2.24. The van der Waals surface area contributed by atoms with Crippen molar-refractivity contribution in [3.63, 3.8) is 0 Å². The van der Waals surface area contributed by atoms with E-state index < -0.39 is 6.10 Å². The highest BCUT2D eigenvalue weighted by molar-refractivity contribution is 5.81. The lowest BCUT2D eigenvalue weighted by atomic mass is 10.2. The van der Waals surface area contributed by atoms with Crippen LogP contribution in [0.4, 0.5) is 0 Å². The predicted octanol–water partition coefficient (Wildman–Crippen LogP) is 1.15. The van der Waals surface area contributed by atoms with Crippen LogP contribution in [-0.4, -0.2) is 61.0 Å². The van der Waals surface area contributed by atoms with Gasteiger partial charge in [0.1, 0.15) is 11.5 Å². The molecule has 22 heavy (non-hydrogen) atoms. The van der Waals surface area contributed by atoms with Crippen molar-refractivity contribution in [1.82, 2.24) is 9.80 Å². The summed E-state index contributed by atoms with van der Waals surface area (Å²) in [7, 11) is 1.59. The first-order valence-corrected chi connectivity index (χ1v) is 7.36. The molecule has 0 radical (unpaired) electrons. The van der Waals surface area contributed by atoms with E-state index >= 15 is 0 Å². The van der Waals surface area contributed by atoms with Crippen LogP contribution in [0.15, 0.2) is 24.3 Å². The fourth-order valence-electron chi connectivity index (χ4n) is 2.43. The molecule has 0 bridgehead atoms. The maximum Gasteiger partial charge on any atom is 0.263 e. The van der Waals surface area contributed by atoms with E-state index in [4.69, 9.17) is 9.47 Å². The molecule has 0 saturated carbocycles. The monoisotopic (exact) mass is 306 g/mol. The summed E-state index contributed by atoms with van der Waals surface area (Å²) in [6, 6.07) is 7.18. The normalized spacial score (nSPS) is 16.1. The molecule has 0 spiro atoms. The van der Waals surface area contributed by atoms with E-state index in [1.165, 1.54) is 0 Å². The van der Waals surface area contributed by atoms with E-state index in [1.54, 1.807) is 42.9 Å². The van der Waals surface area contributed by atoms with Crippen molar-refractivity contribution in [2.45, 2.75) is 20.0 Å². The minimum absolute atomic E-state index is 0.0489. The summed E-state index contributed by atoms with van der Waals surface area (Å²) >= 11 is 0. The van der Waals surface area contributed by atoms with Crippen LogP contribution in [-0.2, 0) is 9.59 Å². The molecular weight excluding hydrogens is 284 g/mol. The zero-order chi connectivity index (χ0) is 16.1. The highest BCUT2D eigenvalue weighted by Crippen LogP contribution is 2.20. The van der Waals surface area contributed by atoms with Crippen LogP contribution in [0.1, 0.15) is 13.8 Å². The summed E-state index contributed by atoms with van der Waals surface area (Å²) < 4.78 is 10.8.